The van der Waals surface area contributed by atoms with Crippen LogP contribution in [0.2, 0.25) is 0 Å². The van der Waals surface area contributed by atoms with Crippen molar-refractivity contribution >= 4 is 27.3 Å². The molecule has 0 saturated heterocycles. The summed E-state index contributed by atoms with van der Waals surface area (Å²) < 4.78 is 1.23. The fourth-order valence-electron chi connectivity index (χ4n) is 2.59. The number of rotatable bonds is 4. The zero-order chi connectivity index (χ0) is 12.4. The lowest BCUT2D eigenvalue weighted by molar-refractivity contribution is 0.537. The predicted octanol–water partition coefficient (Wildman–Crippen LogP) is 3.81. The number of thiophene rings is 1. The van der Waals surface area contributed by atoms with E-state index in [1.54, 1.807) is 0 Å². The van der Waals surface area contributed by atoms with Crippen LogP contribution in [-0.2, 0) is 19.3 Å². The molecule has 1 aliphatic carbocycles. The number of halogens is 1. The van der Waals surface area contributed by atoms with Gasteiger partial charge in [-0.2, -0.15) is 0 Å². The lowest BCUT2D eigenvalue weighted by Gasteiger charge is -2.10. The van der Waals surface area contributed by atoms with Crippen LogP contribution in [-0.4, -0.2) is 12.6 Å². The molecule has 1 N–H and O–H groups in total. The Morgan fingerprint density at radius 2 is 1.83 bits per heavy atom. The van der Waals surface area contributed by atoms with Crippen molar-refractivity contribution in [1.29, 1.82) is 0 Å². The van der Waals surface area contributed by atoms with E-state index in [1.165, 1.54) is 32.6 Å². The number of hydrogen-bond donors (Lipinski definition) is 1. The molecular weight excluding hydrogens is 306 g/mol. The molecule has 18 heavy (non-hydrogen) atoms. The molecule has 1 nitrogen and oxygen atoms in total. The van der Waals surface area contributed by atoms with Crippen LogP contribution >= 0.6 is 27.3 Å². The largest absolute Gasteiger partial charge is 0.313 e. The molecule has 0 bridgehead atoms. The van der Waals surface area contributed by atoms with Gasteiger partial charge in [0.1, 0.15) is 0 Å². The molecule has 0 unspecified atom stereocenters. The maximum absolute atomic E-state index is 3.68. The summed E-state index contributed by atoms with van der Waals surface area (Å²) in [5, 5.41) is 3.68. The third-order valence-electron chi connectivity index (χ3n) is 3.48. The molecule has 1 aliphatic rings. The minimum absolute atomic E-state index is 0.630. The Bertz CT molecular complexity index is 510. The quantitative estimate of drug-likeness (QED) is 0.902. The normalized spacial score (nSPS) is 14.9. The lowest BCUT2D eigenvalue weighted by atomic mass is 10.1. The van der Waals surface area contributed by atoms with E-state index in [-0.39, 0.29) is 0 Å². The Balaban J connectivity index is 1.48. The van der Waals surface area contributed by atoms with E-state index in [0.717, 1.165) is 13.0 Å². The van der Waals surface area contributed by atoms with Crippen molar-refractivity contribution in [2.45, 2.75) is 25.3 Å². The summed E-state index contributed by atoms with van der Waals surface area (Å²) in [4.78, 5) is 1.45. The fourth-order valence-corrected chi connectivity index (χ4v) is 4.07. The first-order valence-electron chi connectivity index (χ1n) is 6.35. The van der Waals surface area contributed by atoms with Gasteiger partial charge >= 0.3 is 0 Å². The van der Waals surface area contributed by atoms with Crippen molar-refractivity contribution in [3.8, 4) is 0 Å². The van der Waals surface area contributed by atoms with Gasteiger partial charge in [0.15, 0.2) is 0 Å². The molecule has 3 heteroatoms. The van der Waals surface area contributed by atoms with Gasteiger partial charge in [-0.15, -0.1) is 11.3 Å². The van der Waals surface area contributed by atoms with Crippen molar-refractivity contribution in [2.24, 2.45) is 0 Å². The molecule has 0 amide bonds. The number of nitrogens with one attached hydrogen (secondary N) is 1. The zero-order valence-electron chi connectivity index (χ0n) is 10.2. The highest BCUT2D eigenvalue weighted by Gasteiger charge is 2.19. The van der Waals surface area contributed by atoms with Gasteiger partial charge in [0.2, 0.25) is 0 Å². The van der Waals surface area contributed by atoms with E-state index in [2.05, 4.69) is 57.6 Å². The number of hydrogen-bond acceptors (Lipinski definition) is 2. The highest BCUT2D eigenvalue weighted by molar-refractivity contribution is 9.11. The third-order valence-corrected chi connectivity index (χ3v) is 5.17. The average Bonchev–Trinajstić information content (AvgIpc) is 2.95. The van der Waals surface area contributed by atoms with Crippen molar-refractivity contribution < 1.29 is 0 Å². The van der Waals surface area contributed by atoms with Crippen LogP contribution in [0.25, 0.3) is 0 Å². The summed E-state index contributed by atoms with van der Waals surface area (Å²) in [5.41, 5.74) is 3.04. The molecule has 0 aliphatic heterocycles. The van der Waals surface area contributed by atoms with Crippen LogP contribution in [0.15, 0.2) is 40.2 Å². The first kappa shape index (κ1) is 12.4. The Morgan fingerprint density at radius 3 is 2.44 bits per heavy atom. The first-order chi connectivity index (χ1) is 8.81. The van der Waals surface area contributed by atoms with Crippen molar-refractivity contribution in [3.05, 3.63) is 56.2 Å². The van der Waals surface area contributed by atoms with Crippen LogP contribution in [0, 0.1) is 0 Å². The van der Waals surface area contributed by atoms with Crippen molar-refractivity contribution in [2.75, 3.05) is 6.54 Å². The van der Waals surface area contributed by atoms with E-state index >= 15 is 0 Å². The molecule has 3 rings (SSSR count). The minimum atomic E-state index is 0.630. The monoisotopic (exact) mass is 321 g/mol. The zero-order valence-corrected chi connectivity index (χ0v) is 12.6. The summed E-state index contributed by atoms with van der Waals surface area (Å²) in [5.74, 6) is 0. The van der Waals surface area contributed by atoms with E-state index in [4.69, 9.17) is 0 Å². The van der Waals surface area contributed by atoms with Gasteiger partial charge in [0.25, 0.3) is 0 Å². The second-order valence-electron chi connectivity index (χ2n) is 4.78. The standard InChI is InChI=1S/C15H16BrNS/c16-15-6-5-14(18-15)7-8-17-13-9-11-3-1-2-4-12(11)10-13/h1-6,13,17H,7-10H2. The molecule has 1 aromatic heterocycles. The van der Waals surface area contributed by atoms with Gasteiger partial charge in [0.05, 0.1) is 3.79 Å². The average molecular weight is 322 g/mol. The number of fused-ring (bicyclic) bond motifs is 1. The molecule has 94 valence electrons. The van der Waals surface area contributed by atoms with Gasteiger partial charge in [-0.25, -0.2) is 0 Å². The third kappa shape index (κ3) is 2.85. The lowest BCUT2D eigenvalue weighted by Crippen LogP contribution is -2.31. The first-order valence-corrected chi connectivity index (χ1v) is 7.96. The second-order valence-corrected chi connectivity index (χ2v) is 7.33. The summed E-state index contributed by atoms with van der Waals surface area (Å²) in [6.45, 7) is 1.08. The predicted molar refractivity (Wildman–Crippen MR) is 81.4 cm³/mol. The smallest absolute Gasteiger partial charge is 0.0701 e. The Morgan fingerprint density at radius 1 is 1.11 bits per heavy atom. The van der Waals surface area contributed by atoms with E-state index in [9.17, 15) is 0 Å². The Kier molecular flexibility index (Phi) is 3.83. The van der Waals surface area contributed by atoms with Crippen molar-refractivity contribution in [1.82, 2.24) is 5.32 Å². The summed E-state index contributed by atoms with van der Waals surface area (Å²) in [6, 6.07) is 13.8. The molecule has 0 atom stereocenters. The Labute approximate surface area is 120 Å². The Hall–Kier alpha value is -0.640. The number of benzene rings is 1. The summed E-state index contributed by atoms with van der Waals surface area (Å²) >= 11 is 5.34. The molecule has 1 aromatic carbocycles. The molecule has 2 aromatic rings. The summed E-state index contributed by atoms with van der Waals surface area (Å²) in [7, 11) is 0. The molecule has 1 heterocycles. The minimum Gasteiger partial charge on any atom is -0.313 e. The van der Waals surface area contributed by atoms with Crippen LogP contribution in [0.3, 0.4) is 0 Å². The second kappa shape index (κ2) is 5.55. The van der Waals surface area contributed by atoms with Crippen molar-refractivity contribution in [3.63, 3.8) is 0 Å². The highest BCUT2D eigenvalue weighted by atomic mass is 79.9. The molecule has 0 saturated carbocycles. The van der Waals surface area contributed by atoms with Gasteiger partial charge in [-0.1, -0.05) is 24.3 Å². The molecular formula is C15H16BrNS. The molecule has 0 radical (unpaired) electrons. The van der Waals surface area contributed by atoms with E-state index in [0.29, 0.717) is 6.04 Å². The van der Waals surface area contributed by atoms with Gasteiger partial charge < -0.3 is 5.32 Å². The van der Waals surface area contributed by atoms with Crippen LogP contribution < -0.4 is 5.32 Å². The van der Waals surface area contributed by atoms with Gasteiger partial charge in [0, 0.05) is 17.5 Å². The van der Waals surface area contributed by atoms with E-state index < -0.39 is 0 Å². The topological polar surface area (TPSA) is 12.0 Å². The van der Waals surface area contributed by atoms with Crippen LogP contribution in [0.4, 0.5) is 0 Å². The van der Waals surface area contributed by atoms with Gasteiger partial charge in [-0.3, -0.25) is 0 Å². The maximum Gasteiger partial charge on any atom is 0.0701 e. The highest BCUT2D eigenvalue weighted by Crippen LogP contribution is 2.23. The fraction of sp³-hybridized carbons (Fsp3) is 0.333. The maximum atomic E-state index is 3.68. The SMILES string of the molecule is Brc1ccc(CCNC2Cc3ccccc3C2)s1. The van der Waals surface area contributed by atoms with Crippen LogP contribution in [0.1, 0.15) is 16.0 Å². The van der Waals surface area contributed by atoms with Gasteiger partial charge in [-0.05, 0) is 58.5 Å². The van der Waals surface area contributed by atoms with E-state index in [1.807, 2.05) is 11.3 Å². The molecule has 0 spiro atoms. The molecule has 0 fully saturated rings. The van der Waals surface area contributed by atoms with Crippen LogP contribution in [0.5, 0.6) is 0 Å². The summed E-state index contributed by atoms with van der Waals surface area (Å²) in [6.07, 6.45) is 3.50.